The molecule has 2 saturated carbocycles. The summed E-state index contributed by atoms with van der Waals surface area (Å²) in [6.07, 6.45) is 3.17. The Morgan fingerprint density at radius 1 is 1.08 bits per heavy atom. The van der Waals surface area contributed by atoms with Crippen LogP contribution >= 0.6 is 0 Å². The molecule has 8 unspecified atom stereocenters. The molecule has 8 heteroatoms. The first-order valence-electron chi connectivity index (χ1n) is 14.7. The van der Waals surface area contributed by atoms with Crippen LogP contribution in [-0.2, 0) is 0 Å². The van der Waals surface area contributed by atoms with Gasteiger partial charge in [-0.3, -0.25) is 4.79 Å². The second-order valence-electron chi connectivity index (χ2n) is 13.6. The molecule has 7 nitrogen and oxygen atoms in total. The van der Waals surface area contributed by atoms with Gasteiger partial charge in [-0.25, -0.2) is 4.98 Å². The van der Waals surface area contributed by atoms with E-state index in [4.69, 9.17) is 20.8 Å². The number of rotatable bonds is 6. The van der Waals surface area contributed by atoms with Gasteiger partial charge in [0.05, 0.1) is 6.61 Å². The Balaban J connectivity index is 1.45. The lowest BCUT2D eigenvalue weighted by Crippen LogP contribution is -2.84. The third kappa shape index (κ3) is 3.62. The molecule has 0 radical (unpaired) electrons. The van der Waals surface area contributed by atoms with Crippen LogP contribution in [0.5, 0.6) is 0 Å². The van der Waals surface area contributed by atoms with Crippen LogP contribution in [0.3, 0.4) is 0 Å². The van der Waals surface area contributed by atoms with Gasteiger partial charge in [0.25, 0.3) is 5.91 Å². The summed E-state index contributed by atoms with van der Waals surface area (Å²) in [4.78, 5) is 21.6. The SMILES string of the molecule is CC1CC(C)C(C)C2(B1c1cnc(Nc3ccc(C(=O)NCCO)cc3)nc1N)C(C)C1C(C)C(C)(C)C12C. The number of aliphatic hydroxyl groups excluding tert-OH is 1. The predicted octanol–water partition coefficient (Wildman–Crippen LogP) is 4.98. The zero-order chi connectivity index (χ0) is 28.5. The van der Waals surface area contributed by atoms with Gasteiger partial charge in [0.1, 0.15) is 5.82 Å². The zero-order valence-corrected chi connectivity index (χ0v) is 24.9. The normalized spacial score (nSPS) is 36.5. The van der Waals surface area contributed by atoms with Crippen LogP contribution in [0, 0.1) is 40.4 Å². The molecule has 3 fully saturated rings. The van der Waals surface area contributed by atoms with Crippen molar-refractivity contribution < 1.29 is 9.90 Å². The second-order valence-corrected chi connectivity index (χ2v) is 13.6. The number of nitrogens with zero attached hydrogens (tertiary/aromatic N) is 2. The Hall–Kier alpha value is -2.61. The maximum atomic E-state index is 12.1. The number of aliphatic hydroxyl groups is 1. The number of hydrogen-bond donors (Lipinski definition) is 4. The van der Waals surface area contributed by atoms with Gasteiger partial charge in [0.15, 0.2) is 6.71 Å². The molecule has 2 aromatic rings. The Morgan fingerprint density at radius 2 is 1.74 bits per heavy atom. The lowest BCUT2D eigenvalue weighted by Gasteiger charge is -2.88. The topological polar surface area (TPSA) is 113 Å². The number of amides is 1. The van der Waals surface area contributed by atoms with E-state index in [9.17, 15) is 4.79 Å². The highest BCUT2D eigenvalue weighted by Crippen LogP contribution is 2.90. The summed E-state index contributed by atoms with van der Waals surface area (Å²) in [5.74, 6) is 4.64. The number of nitrogens with two attached hydrogens (primary N) is 1. The first-order valence-corrected chi connectivity index (χ1v) is 14.7. The van der Waals surface area contributed by atoms with Crippen molar-refractivity contribution in [2.45, 2.75) is 72.9 Å². The number of anilines is 3. The van der Waals surface area contributed by atoms with Crippen molar-refractivity contribution in [1.29, 1.82) is 0 Å². The van der Waals surface area contributed by atoms with Gasteiger partial charge in [-0.05, 0) is 75.5 Å². The summed E-state index contributed by atoms with van der Waals surface area (Å²) in [5.41, 5.74) is 9.70. The summed E-state index contributed by atoms with van der Waals surface area (Å²) in [6.45, 7) is 20.3. The van der Waals surface area contributed by atoms with Gasteiger partial charge in [-0.15, -0.1) is 0 Å². The number of nitrogen functional groups attached to an aromatic ring is 1. The molecule has 1 aromatic heterocycles. The van der Waals surface area contributed by atoms with Gasteiger partial charge in [-0.1, -0.05) is 67.6 Å². The summed E-state index contributed by atoms with van der Waals surface area (Å²) < 4.78 is 0. The van der Waals surface area contributed by atoms with Gasteiger partial charge in [-0.2, -0.15) is 4.98 Å². The Kier molecular flexibility index (Phi) is 6.81. The smallest absolute Gasteiger partial charge is 0.251 e. The minimum absolute atomic E-state index is 0.0888. The highest BCUT2D eigenvalue weighted by molar-refractivity contribution is 6.79. The van der Waals surface area contributed by atoms with Crippen molar-refractivity contribution >= 4 is 35.5 Å². The minimum Gasteiger partial charge on any atom is -0.395 e. The highest BCUT2D eigenvalue weighted by atomic mass is 16.3. The molecular weight excluding hydrogens is 485 g/mol. The third-order valence-electron chi connectivity index (χ3n) is 12.3. The standard InChI is InChI=1S/C31H46BN5O2/c1-17-15-18(2)32(31(19(17)3)21(5)25-20(4)29(6,7)30(25,31)8)24-16-35-28(37-26(24)33)36-23-11-9-22(10-12-23)27(39)34-13-14-38/h9-12,16-21,25,38H,13-15H2,1-8H3,(H,34,39)(H3,33,35,36,37). The molecule has 3 aliphatic rings. The van der Waals surface area contributed by atoms with E-state index in [1.54, 1.807) is 12.1 Å². The zero-order valence-electron chi connectivity index (χ0n) is 24.9. The second kappa shape index (κ2) is 9.50. The van der Waals surface area contributed by atoms with E-state index in [0.717, 1.165) is 23.0 Å². The van der Waals surface area contributed by atoms with E-state index < -0.39 is 0 Å². The number of nitrogens with one attached hydrogen (secondary N) is 2. The largest absolute Gasteiger partial charge is 0.395 e. The van der Waals surface area contributed by atoms with Crippen LogP contribution in [-0.4, -0.2) is 40.8 Å². The average Bonchev–Trinajstić information content (AvgIpc) is 2.89. The van der Waals surface area contributed by atoms with Crippen molar-refractivity contribution in [3.63, 3.8) is 0 Å². The van der Waals surface area contributed by atoms with Crippen LogP contribution in [0.4, 0.5) is 17.5 Å². The summed E-state index contributed by atoms with van der Waals surface area (Å²) >= 11 is 0. The molecule has 1 amide bonds. The molecule has 0 bridgehead atoms. The van der Waals surface area contributed by atoms with Gasteiger partial charge < -0.3 is 21.5 Å². The first-order chi connectivity index (χ1) is 18.3. The summed E-state index contributed by atoms with van der Waals surface area (Å²) in [7, 11) is 0. The number of hydrogen-bond acceptors (Lipinski definition) is 6. The number of benzene rings is 1. The monoisotopic (exact) mass is 531 g/mol. The molecule has 1 aliphatic heterocycles. The van der Waals surface area contributed by atoms with Crippen LogP contribution in [0.2, 0.25) is 11.1 Å². The van der Waals surface area contributed by atoms with E-state index in [-0.39, 0.29) is 35.2 Å². The van der Waals surface area contributed by atoms with E-state index in [0.29, 0.717) is 47.6 Å². The Bertz CT molecular complexity index is 1250. The molecule has 8 atom stereocenters. The molecule has 210 valence electrons. The number of carbonyl (C=O) groups is 1. The van der Waals surface area contributed by atoms with Crippen molar-refractivity contribution in [3.05, 3.63) is 36.0 Å². The summed E-state index contributed by atoms with van der Waals surface area (Å²) in [5, 5.41) is 15.0. The fourth-order valence-corrected chi connectivity index (χ4v) is 10.2. The molecule has 1 saturated heterocycles. The van der Waals surface area contributed by atoms with Gasteiger partial charge in [0, 0.05) is 24.0 Å². The Labute approximate surface area is 234 Å². The molecular formula is C31H46BN5O2. The molecule has 2 heterocycles. The highest BCUT2D eigenvalue weighted by Gasteiger charge is 2.85. The minimum atomic E-state index is -0.218. The van der Waals surface area contributed by atoms with Crippen molar-refractivity contribution in [3.8, 4) is 0 Å². The van der Waals surface area contributed by atoms with Crippen LogP contribution < -0.4 is 21.8 Å². The maximum Gasteiger partial charge on any atom is 0.251 e. The molecule has 5 N–H and O–H groups in total. The lowest BCUT2D eigenvalue weighted by atomic mass is 9.02. The van der Waals surface area contributed by atoms with Crippen molar-refractivity contribution in [2.75, 3.05) is 24.2 Å². The molecule has 1 spiro atoms. The van der Waals surface area contributed by atoms with Crippen molar-refractivity contribution in [1.82, 2.24) is 15.3 Å². The maximum absolute atomic E-state index is 12.1. The molecule has 39 heavy (non-hydrogen) atoms. The molecule has 1 aromatic carbocycles. The molecule has 2 aliphatic carbocycles. The van der Waals surface area contributed by atoms with Crippen molar-refractivity contribution in [2.24, 2.45) is 40.4 Å². The number of aromatic nitrogens is 2. The first kappa shape index (κ1) is 27.9. The van der Waals surface area contributed by atoms with Gasteiger partial charge in [0.2, 0.25) is 5.95 Å². The van der Waals surface area contributed by atoms with E-state index in [2.05, 4.69) is 66.0 Å². The lowest BCUT2D eigenvalue weighted by molar-refractivity contribution is -0.323. The predicted molar refractivity (Wildman–Crippen MR) is 160 cm³/mol. The van der Waals surface area contributed by atoms with E-state index in [1.165, 1.54) is 6.42 Å². The van der Waals surface area contributed by atoms with E-state index >= 15 is 0 Å². The average molecular weight is 532 g/mol. The fourth-order valence-electron chi connectivity index (χ4n) is 10.2. The van der Waals surface area contributed by atoms with E-state index in [1.807, 2.05) is 18.3 Å². The number of fused-ring (bicyclic) bond motifs is 2. The number of carbonyl (C=O) groups excluding carboxylic acids is 1. The Morgan fingerprint density at radius 3 is 2.36 bits per heavy atom. The third-order valence-corrected chi connectivity index (χ3v) is 12.3. The quantitative estimate of drug-likeness (QED) is 0.391. The summed E-state index contributed by atoms with van der Waals surface area (Å²) in [6, 6.07) is 7.11. The van der Waals surface area contributed by atoms with Crippen LogP contribution in [0.25, 0.3) is 0 Å². The van der Waals surface area contributed by atoms with Gasteiger partial charge >= 0.3 is 0 Å². The van der Waals surface area contributed by atoms with Crippen LogP contribution in [0.15, 0.2) is 30.5 Å². The molecule has 5 rings (SSSR count). The van der Waals surface area contributed by atoms with Crippen LogP contribution in [0.1, 0.15) is 72.2 Å². The fraction of sp³-hybridized carbons (Fsp3) is 0.645.